The number of benzene rings is 6. The summed E-state index contributed by atoms with van der Waals surface area (Å²) in [4.78, 5) is 34.6. The summed E-state index contributed by atoms with van der Waals surface area (Å²) in [5, 5.41) is 9.53. The predicted molar refractivity (Wildman–Crippen MR) is 254 cm³/mol. The Labute approximate surface area is 386 Å². The Morgan fingerprint density at radius 3 is 1.23 bits per heavy atom. The Bertz CT molecular complexity index is 2240. The van der Waals surface area contributed by atoms with Gasteiger partial charge in [-0.15, -0.1) is 0 Å². The average molecular weight is 927 g/mol. The second-order valence-electron chi connectivity index (χ2n) is 14.4. The minimum Gasteiger partial charge on any atom is -0.381 e. The van der Waals surface area contributed by atoms with E-state index in [0.29, 0.717) is 56.0 Å². The van der Waals surface area contributed by atoms with Crippen molar-refractivity contribution in [2.45, 2.75) is 51.0 Å². The van der Waals surface area contributed by atoms with E-state index in [-0.39, 0.29) is 31.6 Å². The van der Waals surface area contributed by atoms with E-state index in [1.165, 1.54) is 18.4 Å². The molecule has 0 bridgehead atoms. The van der Waals surface area contributed by atoms with Gasteiger partial charge in [-0.05, 0) is 41.7 Å². The van der Waals surface area contributed by atoms with Crippen LogP contribution in [0.2, 0.25) is 0 Å². The lowest BCUT2D eigenvalue weighted by Gasteiger charge is -2.09. The summed E-state index contributed by atoms with van der Waals surface area (Å²) in [7, 11) is 0. The van der Waals surface area contributed by atoms with Gasteiger partial charge in [0.15, 0.2) is 24.1 Å². The highest BCUT2D eigenvalue weighted by Crippen LogP contribution is 2.24. The fourth-order valence-electron chi connectivity index (χ4n) is 6.23. The number of nitrogens with zero attached hydrogens (tertiary/aromatic N) is 1. The number of carbonyl (C=O) groups excluding carboxylic acids is 3. The van der Waals surface area contributed by atoms with Crippen molar-refractivity contribution in [2.75, 3.05) is 39.6 Å². The van der Waals surface area contributed by atoms with Gasteiger partial charge < -0.3 is 23.7 Å². The minimum absolute atomic E-state index is 0. The summed E-state index contributed by atoms with van der Waals surface area (Å²) in [5.41, 5.74) is 7.88. The van der Waals surface area contributed by atoms with Gasteiger partial charge in [-0.25, -0.2) is 0 Å². The molecule has 6 aromatic carbocycles. The molecule has 3 aliphatic heterocycles. The molecular weight excluding hydrogens is 870 g/mol. The highest BCUT2D eigenvalue weighted by molar-refractivity contribution is 9.08. The van der Waals surface area contributed by atoms with Gasteiger partial charge in [-0.3, -0.25) is 14.4 Å². The van der Waals surface area contributed by atoms with E-state index in [9.17, 15) is 14.4 Å². The predicted octanol–water partition coefficient (Wildman–Crippen LogP) is 11.7. The topological polar surface area (TPSA) is 121 Å². The lowest BCUT2D eigenvalue weighted by molar-refractivity contribution is -0.0443. The molecule has 9 rings (SSSR count). The number of ketones is 2. The molecule has 64 heavy (non-hydrogen) atoms. The number of alkyl halides is 1. The second-order valence-corrected chi connectivity index (χ2v) is 14.9. The number of aldehydes is 1. The van der Waals surface area contributed by atoms with Crippen molar-refractivity contribution in [3.8, 4) is 6.07 Å². The maximum Gasteiger partial charge on any atom is 0.184 e. The Morgan fingerprint density at radius 1 is 0.531 bits per heavy atom. The Kier molecular flexibility index (Phi) is 23.4. The quantitative estimate of drug-likeness (QED) is 0.0751. The van der Waals surface area contributed by atoms with Crippen LogP contribution < -0.4 is 0 Å². The SMILES string of the molecule is BrCc1ccccc1.C.C1CCOC1.N#Cc1ccc(C2OCCO2)cc1.O=C(Cc1ccccc1)c1ccc(C2OCCO2)cc1.O=Cc1ccc(C(=O)Cc2ccccc2)cc1. The molecule has 0 spiro atoms. The first-order valence-electron chi connectivity index (χ1n) is 20.9. The van der Waals surface area contributed by atoms with Crippen molar-refractivity contribution < 1.29 is 38.1 Å². The summed E-state index contributed by atoms with van der Waals surface area (Å²) < 4.78 is 26.4. The monoisotopic (exact) mass is 925 g/mol. The molecule has 0 unspecified atom stereocenters. The maximum atomic E-state index is 12.2. The highest BCUT2D eigenvalue weighted by atomic mass is 79.9. The second kappa shape index (κ2) is 29.5. The van der Waals surface area contributed by atoms with Crippen LogP contribution in [0.25, 0.3) is 0 Å². The number of ether oxygens (including phenoxy) is 5. The standard InChI is InChI=1S/C17H16O3.C15H12O2.C10H9NO2.C7H7Br.C4H8O.CH4/c18-16(12-13-4-2-1-3-5-13)14-6-8-15(9-7-14)17-19-10-11-20-17;16-11-13-6-8-14(9-7-13)15(17)10-12-4-2-1-3-5-12;11-7-8-1-3-9(4-2-8)10-12-5-6-13-10;8-6-7-4-2-1-3-5-7;1-2-4-5-3-1;/h1-9,17H,10-12H2;1-9,11H,10H2;1-4,10H,5-6H2;1-5H,6H2;1-4H2;1H4. The normalized spacial score (nSPS) is 13.9. The molecule has 0 N–H and O–H groups in total. The van der Waals surface area contributed by atoms with Gasteiger partial charge in [0, 0.05) is 59.2 Å². The number of hydrogen-bond acceptors (Lipinski definition) is 9. The molecule has 0 amide bonds. The van der Waals surface area contributed by atoms with E-state index in [0.717, 1.165) is 52.6 Å². The molecule has 0 aliphatic carbocycles. The number of nitriles is 1. The van der Waals surface area contributed by atoms with Crippen LogP contribution in [0.1, 0.15) is 97.3 Å². The average Bonchev–Trinajstić information content (AvgIpc) is 4.21. The van der Waals surface area contributed by atoms with Gasteiger partial charge in [0.2, 0.25) is 0 Å². The van der Waals surface area contributed by atoms with Gasteiger partial charge in [0.25, 0.3) is 0 Å². The first-order valence-corrected chi connectivity index (χ1v) is 22.0. The molecule has 0 saturated carbocycles. The molecule has 6 aromatic rings. The zero-order chi connectivity index (χ0) is 44.3. The van der Waals surface area contributed by atoms with Crippen LogP contribution in [0.5, 0.6) is 0 Å². The van der Waals surface area contributed by atoms with Crippen LogP contribution in [-0.2, 0) is 41.9 Å². The molecule has 0 radical (unpaired) electrons. The molecular formula is C54H56BrNO8. The number of halogens is 1. The minimum atomic E-state index is -0.284. The number of hydrogen-bond donors (Lipinski definition) is 0. The third-order valence-electron chi connectivity index (χ3n) is 9.67. The summed E-state index contributed by atoms with van der Waals surface area (Å²) in [5.74, 6) is 0.185. The van der Waals surface area contributed by atoms with Crippen LogP contribution in [0.4, 0.5) is 0 Å². The first kappa shape index (κ1) is 50.7. The third kappa shape index (κ3) is 18.1. The maximum absolute atomic E-state index is 12.2. The van der Waals surface area contributed by atoms with Crippen molar-refractivity contribution in [1.82, 2.24) is 0 Å². The molecule has 10 heteroatoms. The fourth-order valence-corrected chi connectivity index (χ4v) is 6.61. The van der Waals surface area contributed by atoms with Crippen LogP contribution in [-0.4, -0.2) is 57.5 Å². The number of rotatable bonds is 10. The van der Waals surface area contributed by atoms with Crippen LogP contribution in [0.3, 0.4) is 0 Å². The Balaban J connectivity index is 0.000000186. The highest BCUT2D eigenvalue weighted by Gasteiger charge is 2.19. The van der Waals surface area contributed by atoms with Crippen molar-refractivity contribution in [3.05, 3.63) is 214 Å². The Hall–Kier alpha value is -5.90. The molecule has 0 atom stereocenters. The van der Waals surface area contributed by atoms with E-state index < -0.39 is 0 Å². The largest absolute Gasteiger partial charge is 0.381 e. The number of carbonyl (C=O) groups is 3. The van der Waals surface area contributed by atoms with Crippen molar-refractivity contribution in [1.29, 1.82) is 5.26 Å². The summed E-state index contributed by atoms with van der Waals surface area (Å²) in [6.45, 7) is 4.54. The van der Waals surface area contributed by atoms with Crippen LogP contribution in [0, 0.1) is 11.3 Å². The van der Waals surface area contributed by atoms with E-state index >= 15 is 0 Å². The molecule has 3 fully saturated rings. The van der Waals surface area contributed by atoms with Crippen LogP contribution >= 0.6 is 15.9 Å². The van der Waals surface area contributed by atoms with E-state index in [2.05, 4.69) is 34.1 Å². The zero-order valence-electron chi connectivity index (χ0n) is 35.2. The van der Waals surface area contributed by atoms with Gasteiger partial charge in [0.05, 0.1) is 38.1 Å². The molecule has 3 saturated heterocycles. The Morgan fingerprint density at radius 2 is 0.906 bits per heavy atom. The van der Waals surface area contributed by atoms with Gasteiger partial charge in [-0.1, -0.05) is 175 Å². The third-order valence-corrected chi connectivity index (χ3v) is 10.3. The molecule has 332 valence electrons. The summed E-state index contributed by atoms with van der Waals surface area (Å²) in [6.07, 6.45) is 3.62. The van der Waals surface area contributed by atoms with Crippen LogP contribution in [0.15, 0.2) is 164 Å². The van der Waals surface area contributed by atoms with Crippen molar-refractivity contribution in [3.63, 3.8) is 0 Å². The lowest BCUT2D eigenvalue weighted by atomic mass is 10.0. The van der Waals surface area contributed by atoms with Crippen molar-refractivity contribution in [2.24, 2.45) is 0 Å². The first-order chi connectivity index (χ1) is 30.9. The fraction of sp³-hybridized carbons (Fsp3) is 0.259. The molecule has 3 heterocycles. The van der Waals surface area contributed by atoms with E-state index in [1.54, 1.807) is 36.4 Å². The number of Topliss-reactive ketones (excluding diaryl/α,β-unsaturated/α-hetero) is 2. The molecule has 9 nitrogen and oxygen atoms in total. The van der Waals surface area contributed by atoms with Gasteiger partial charge in [0.1, 0.15) is 6.29 Å². The molecule has 0 aromatic heterocycles. The van der Waals surface area contributed by atoms with E-state index in [4.69, 9.17) is 28.9 Å². The van der Waals surface area contributed by atoms with Gasteiger partial charge in [-0.2, -0.15) is 5.26 Å². The summed E-state index contributed by atoms with van der Waals surface area (Å²) >= 11 is 3.36. The van der Waals surface area contributed by atoms with E-state index in [1.807, 2.05) is 115 Å². The smallest absolute Gasteiger partial charge is 0.184 e. The zero-order valence-corrected chi connectivity index (χ0v) is 36.8. The summed E-state index contributed by atoms with van der Waals surface area (Å²) in [6, 6.07) is 53.1. The molecule has 3 aliphatic rings. The van der Waals surface area contributed by atoms with Gasteiger partial charge >= 0.3 is 0 Å². The lowest BCUT2D eigenvalue weighted by Crippen LogP contribution is -2.04. The van der Waals surface area contributed by atoms with Crippen molar-refractivity contribution >= 4 is 33.8 Å².